The minimum Gasteiger partial charge on any atom is -0.329 e. The van der Waals surface area contributed by atoms with Gasteiger partial charge in [-0.25, -0.2) is 0 Å². The summed E-state index contributed by atoms with van der Waals surface area (Å²) in [5.41, 5.74) is 7.48. The molecule has 0 aliphatic heterocycles. The second kappa shape index (κ2) is 12.0. The van der Waals surface area contributed by atoms with Crippen molar-refractivity contribution in [1.82, 2.24) is 9.88 Å². The Morgan fingerprint density at radius 1 is 1.17 bits per heavy atom. The van der Waals surface area contributed by atoms with E-state index in [9.17, 15) is 9.59 Å². The Labute approximate surface area is 188 Å². The second-order valence-corrected chi connectivity index (χ2v) is 7.32. The summed E-state index contributed by atoms with van der Waals surface area (Å²) in [5, 5.41) is 3.40. The second-order valence-electron chi connectivity index (χ2n) is 6.88. The Kier molecular flexibility index (Phi) is 10.4. The molecule has 6 nitrogen and oxygen atoms in total. The molecular weight excluding hydrogens is 435 g/mol. The minimum absolute atomic E-state index is 0. The van der Waals surface area contributed by atoms with Gasteiger partial charge in [0.25, 0.3) is 0 Å². The van der Waals surface area contributed by atoms with Crippen molar-refractivity contribution in [3.8, 4) is 0 Å². The molecule has 0 spiro atoms. The van der Waals surface area contributed by atoms with Gasteiger partial charge in [0, 0.05) is 41.6 Å². The van der Waals surface area contributed by atoms with Crippen molar-refractivity contribution in [2.45, 2.75) is 31.8 Å². The Hall–Kier alpha value is -1.86. The molecule has 1 heterocycles. The quantitative estimate of drug-likeness (QED) is 0.690. The van der Waals surface area contributed by atoms with Gasteiger partial charge in [0.05, 0.1) is 0 Å². The molecule has 2 amide bonds. The third-order valence-electron chi connectivity index (χ3n) is 4.69. The lowest BCUT2D eigenvalue weighted by molar-refractivity contribution is -0.138. The highest BCUT2D eigenvalue weighted by Crippen LogP contribution is 2.26. The predicted molar refractivity (Wildman–Crippen MR) is 120 cm³/mol. The molecule has 1 aromatic carbocycles. The smallest absolute Gasteiger partial charge is 0.244 e. The zero-order valence-corrected chi connectivity index (χ0v) is 18.2. The highest BCUT2D eigenvalue weighted by Gasteiger charge is 2.31. The van der Waals surface area contributed by atoms with Crippen LogP contribution in [-0.2, 0) is 16.1 Å². The molecule has 1 fully saturated rings. The standard InChI is InChI=1S/C20H23ClN4O2.2ClH/c21-16-4-7-18(8-5-16)24-19(26)13-25(12-14-2-1-9-23-11-14)20(27)15-3-6-17(22)10-15;;/h1-2,4-5,7-9,11,15,17H,3,6,10,12-13,22H2,(H,24,26);2*1H. The molecule has 2 atom stereocenters. The Morgan fingerprint density at radius 3 is 2.48 bits per heavy atom. The van der Waals surface area contributed by atoms with E-state index < -0.39 is 0 Å². The number of halogens is 3. The molecule has 3 rings (SSSR count). The van der Waals surface area contributed by atoms with Crippen LogP contribution in [-0.4, -0.2) is 34.3 Å². The monoisotopic (exact) mass is 458 g/mol. The van der Waals surface area contributed by atoms with Gasteiger partial charge in [-0.1, -0.05) is 17.7 Å². The highest BCUT2D eigenvalue weighted by molar-refractivity contribution is 6.30. The molecule has 1 aliphatic carbocycles. The van der Waals surface area contributed by atoms with Gasteiger partial charge in [0.1, 0.15) is 6.54 Å². The topological polar surface area (TPSA) is 88.3 Å². The summed E-state index contributed by atoms with van der Waals surface area (Å²) in [6.45, 7) is 0.314. The van der Waals surface area contributed by atoms with Gasteiger partial charge in [-0.2, -0.15) is 0 Å². The van der Waals surface area contributed by atoms with Gasteiger partial charge in [0.2, 0.25) is 11.8 Å². The number of nitrogens with one attached hydrogen (secondary N) is 1. The van der Waals surface area contributed by atoms with Crippen molar-refractivity contribution in [1.29, 1.82) is 0 Å². The molecule has 2 unspecified atom stereocenters. The van der Waals surface area contributed by atoms with Crippen LogP contribution < -0.4 is 11.1 Å². The van der Waals surface area contributed by atoms with Gasteiger partial charge in [-0.3, -0.25) is 14.6 Å². The zero-order chi connectivity index (χ0) is 19.2. The van der Waals surface area contributed by atoms with Crippen molar-refractivity contribution in [3.63, 3.8) is 0 Å². The van der Waals surface area contributed by atoms with E-state index in [1.54, 1.807) is 41.6 Å². The van der Waals surface area contributed by atoms with Crippen molar-refractivity contribution >= 4 is 53.9 Å². The molecular formula is C20H25Cl3N4O2. The van der Waals surface area contributed by atoms with Crippen LogP contribution in [0.1, 0.15) is 24.8 Å². The van der Waals surface area contributed by atoms with Crippen molar-refractivity contribution in [2.24, 2.45) is 11.7 Å². The summed E-state index contributed by atoms with van der Waals surface area (Å²) in [5.74, 6) is -0.407. The molecule has 1 aromatic heterocycles. The SMILES string of the molecule is Cl.Cl.NC1CCC(C(=O)N(CC(=O)Nc2ccc(Cl)cc2)Cc2cccnc2)C1. The van der Waals surface area contributed by atoms with Crippen LogP contribution in [0.15, 0.2) is 48.8 Å². The Bertz CT molecular complexity index is 790. The van der Waals surface area contributed by atoms with Crippen LogP contribution in [0.2, 0.25) is 5.02 Å². The fourth-order valence-corrected chi connectivity index (χ4v) is 3.46. The molecule has 1 saturated carbocycles. The van der Waals surface area contributed by atoms with Gasteiger partial charge >= 0.3 is 0 Å². The third kappa shape index (κ3) is 7.48. The number of hydrogen-bond acceptors (Lipinski definition) is 4. The Balaban J connectivity index is 0.00000210. The Morgan fingerprint density at radius 2 is 1.90 bits per heavy atom. The number of carbonyl (C=O) groups is 2. The molecule has 158 valence electrons. The number of benzene rings is 1. The van der Waals surface area contributed by atoms with E-state index in [4.69, 9.17) is 17.3 Å². The number of nitrogens with two attached hydrogens (primary N) is 1. The first-order valence-electron chi connectivity index (χ1n) is 9.00. The average molecular weight is 460 g/mol. The summed E-state index contributed by atoms with van der Waals surface area (Å²) in [6, 6.07) is 10.6. The fraction of sp³-hybridized carbons (Fsp3) is 0.350. The number of amides is 2. The number of pyridine rings is 1. The van der Waals surface area contributed by atoms with E-state index in [0.717, 1.165) is 18.4 Å². The summed E-state index contributed by atoms with van der Waals surface area (Å²) in [7, 11) is 0. The number of hydrogen-bond donors (Lipinski definition) is 2. The number of anilines is 1. The summed E-state index contributed by atoms with van der Waals surface area (Å²) < 4.78 is 0. The first-order chi connectivity index (χ1) is 13.0. The first kappa shape index (κ1) is 25.2. The minimum atomic E-state index is -0.253. The van der Waals surface area contributed by atoms with E-state index in [0.29, 0.717) is 23.7 Å². The fourth-order valence-electron chi connectivity index (χ4n) is 3.33. The van der Waals surface area contributed by atoms with Crippen LogP contribution in [0.25, 0.3) is 0 Å². The zero-order valence-electron chi connectivity index (χ0n) is 15.8. The number of nitrogens with zero attached hydrogens (tertiary/aromatic N) is 2. The molecule has 3 N–H and O–H groups in total. The van der Waals surface area contributed by atoms with Gasteiger partial charge < -0.3 is 16.0 Å². The normalized spacial score (nSPS) is 17.6. The van der Waals surface area contributed by atoms with Crippen molar-refractivity contribution in [2.75, 3.05) is 11.9 Å². The molecule has 2 aromatic rings. The van der Waals surface area contributed by atoms with Crippen LogP contribution in [0.5, 0.6) is 0 Å². The highest BCUT2D eigenvalue weighted by atomic mass is 35.5. The largest absolute Gasteiger partial charge is 0.329 e. The number of rotatable bonds is 6. The molecule has 0 radical (unpaired) electrons. The van der Waals surface area contributed by atoms with E-state index in [1.807, 2.05) is 12.1 Å². The van der Waals surface area contributed by atoms with Gasteiger partial charge in [0.15, 0.2) is 0 Å². The van der Waals surface area contributed by atoms with Crippen LogP contribution in [0, 0.1) is 5.92 Å². The maximum Gasteiger partial charge on any atom is 0.244 e. The molecule has 29 heavy (non-hydrogen) atoms. The van der Waals surface area contributed by atoms with Crippen LogP contribution in [0.3, 0.4) is 0 Å². The maximum absolute atomic E-state index is 13.0. The molecule has 0 saturated heterocycles. The van der Waals surface area contributed by atoms with E-state index >= 15 is 0 Å². The lowest BCUT2D eigenvalue weighted by atomic mass is 10.1. The maximum atomic E-state index is 13.0. The lowest BCUT2D eigenvalue weighted by Crippen LogP contribution is -2.40. The van der Waals surface area contributed by atoms with Gasteiger partial charge in [-0.05, 0) is 55.2 Å². The third-order valence-corrected chi connectivity index (χ3v) is 4.94. The molecule has 0 bridgehead atoms. The number of aromatic nitrogens is 1. The van der Waals surface area contributed by atoms with Gasteiger partial charge in [-0.15, -0.1) is 24.8 Å². The average Bonchev–Trinajstić information content (AvgIpc) is 3.10. The van der Waals surface area contributed by atoms with E-state index in [2.05, 4.69) is 10.3 Å². The number of carbonyl (C=O) groups excluding carboxylic acids is 2. The molecule has 9 heteroatoms. The summed E-state index contributed by atoms with van der Waals surface area (Å²) in [4.78, 5) is 31.2. The summed E-state index contributed by atoms with van der Waals surface area (Å²) >= 11 is 5.87. The van der Waals surface area contributed by atoms with E-state index in [-0.39, 0.29) is 55.1 Å². The summed E-state index contributed by atoms with van der Waals surface area (Å²) in [6.07, 6.45) is 5.66. The van der Waals surface area contributed by atoms with Crippen LogP contribution in [0.4, 0.5) is 5.69 Å². The predicted octanol–water partition coefficient (Wildman–Crippen LogP) is 3.67. The molecule has 1 aliphatic rings. The van der Waals surface area contributed by atoms with E-state index in [1.165, 1.54) is 0 Å². The first-order valence-corrected chi connectivity index (χ1v) is 9.38. The van der Waals surface area contributed by atoms with Crippen molar-refractivity contribution < 1.29 is 9.59 Å². The lowest BCUT2D eigenvalue weighted by Gasteiger charge is -2.25. The van der Waals surface area contributed by atoms with Crippen molar-refractivity contribution in [3.05, 3.63) is 59.4 Å². The van der Waals surface area contributed by atoms with Crippen LogP contribution >= 0.6 is 36.4 Å².